The van der Waals surface area contributed by atoms with Crippen molar-refractivity contribution in [2.45, 2.75) is 58.8 Å². The van der Waals surface area contributed by atoms with Gasteiger partial charge in [-0.25, -0.2) is 4.79 Å². The summed E-state index contributed by atoms with van der Waals surface area (Å²) < 4.78 is 4.94. The highest BCUT2D eigenvalue weighted by Crippen LogP contribution is 2.41. The molecule has 0 bridgehead atoms. The van der Waals surface area contributed by atoms with Gasteiger partial charge in [-0.3, -0.25) is 9.59 Å². The fourth-order valence-electron chi connectivity index (χ4n) is 3.56. The molecule has 1 aliphatic carbocycles. The van der Waals surface area contributed by atoms with Gasteiger partial charge in [-0.15, -0.1) is 0 Å². The summed E-state index contributed by atoms with van der Waals surface area (Å²) in [6, 6.07) is 0. The molecule has 2 N–H and O–H groups in total. The fourth-order valence-corrected chi connectivity index (χ4v) is 3.56. The molecule has 0 aromatic rings. The van der Waals surface area contributed by atoms with Crippen LogP contribution in [0.4, 0.5) is 0 Å². The minimum atomic E-state index is -1.08. The Morgan fingerprint density at radius 2 is 1.93 bits per heavy atom. The van der Waals surface area contributed by atoms with Gasteiger partial charge in [-0.05, 0) is 37.2 Å². The van der Waals surface area contributed by atoms with E-state index in [9.17, 15) is 14.4 Å². The second kappa shape index (κ2) is 12.2. The largest absolute Gasteiger partial charge is 0.481 e. The molecule has 6 heteroatoms. The lowest BCUT2D eigenvalue weighted by atomic mass is 9.68. The molecule has 3 atom stereocenters. The first-order chi connectivity index (χ1) is 13.3. The standard InChI is InChI=1S/C18H26O2.C4H6O4/c1-4-5-6-16-13(2)7-8-14(3)17(16)10-9-15-11-12-20-18(15)19;5-3(6)1-2-4(7)8/h9-11,13,16-17H,3-8,12H2,1-2H3;1-2H2,(H,5,6)(H,7,8)/b10-9+;. The van der Waals surface area contributed by atoms with Gasteiger partial charge < -0.3 is 14.9 Å². The van der Waals surface area contributed by atoms with Crippen LogP contribution < -0.4 is 0 Å². The van der Waals surface area contributed by atoms with Gasteiger partial charge in [0.25, 0.3) is 0 Å². The van der Waals surface area contributed by atoms with E-state index < -0.39 is 11.9 Å². The average molecular weight is 392 g/mol. The van der Waals surface area contributed by atoms with Crippen molar-refractivity contribution in [2.24, 2.45) is 17.8 Å². The molecule has 0 aromatic carbocycles. The van der Waals surface area contributed by atoms with E-state index in [-0.39, 0.29) is 18.8 Å². The van der Waals surface area contributed by atoms with Gasteiger partial charge in [0.2, 0.25) is 0 Å². The molecule has 0 aromatic heterocycles. The average Bonchev–Trinajstić information content (AvgIpc) is 3.05. The normalized spacial score (nSPS) is 24.4. The Morgan fingerprint density at radius 3 is 2.43 bits per heavy atom. The van der Waals surface area contributed by atoms with Gasteiger partial charge >= 0.3 is 17.9 Å². The fraction of sp³-hybridized carbons (Fsp3) is 0.591. The van der Waals surface area contributed by atoms with Gasteiger partial charge in [0, 0.05) is 5.92 Å². The number of esters is 1. The highest BCUT2D eigenvalue weighted by atomic mass is 16.5. The molecule has 2 aliphatic rings. The monoisotopic (exact) mass is 392 g/mol. The first-order valence-electron chi connectivity index (χ1n) is 9.93. The summed E-state index contributed by atoms with van der Waals surface area (Å²) in [4.78, 5) is 30.8. The second-order valence-corrected chi connectivity index (χ2v) is 7.41. The molecule has 1 fully saturated rings. The number of carboxylic acids is 2. The molecule has 2 rings (SSSR count). The summed E-state index contributed by atoms with van der Waals surface area (Å²) in [6.45, 7) is 9.28. The van der Waals surface area contributed by atoms with E-state index in [4.69, 9.17) is 14.9 Å². The van der Waals surface area contributed by atoms with Crippen LogP contribution >= 0.6 is 0 Å². The third-order valence-electron chi connectivity index (χ3n) is 5.26. The van der Waals surface area contributed by atoms with Crippen LogP contribution in [0, 0.1) is 17.8 Å². The summed E-state index contributed by atoms with van der Waals surface area (Å²) in [5, 5.41) is 15.8. The summed E-state index contributed by atoms with van der Waals surface area (Å²) in [5.74, 6) is -0.517. The predicted molar refractivity (Wildman–Crippen MR) is 107 cm³/mol. The SMILES string of the molecule is C=C1CCC(C)C(CCCC)C1/C=C/C1=CCOC1=O.O=C(O)CCC(=O)O. The molecule has 0 saturated heterocycles. The van der Waals surface area contributed by atoms with Crippen molar-refractivity contribution in [3.63, 3.8) is 0 Å². The van der Waals surface area contributed by atoms with Crippen molar-refractivity contribution in [2.75, 3.05) is 6.61 Å². The molecule has 1 heterocycles. The van der Waals surface area contributed by atoms with Crippen molar-refractivity contribution in [3.05, 3.63) is 36.0 Å². The zero-order valence-corrected chi connectivity index (χ0v) is 16.9. The van der Waals surface area contributed by atoms with Crippen molar-refractivity contribution < 1.29 is 29.3 Å². The van der Waals surface area contributed by atoms with E-state index in [1.54, 1.807) is 0 Å². The number of carboxylic acid groups (broad SMARTS) is 2. The van der Waals surface area contributed by atoms with Crippen LogP contribution in [0.2, 0.25) is 0 Å². The smallest absolute Gasteiger partial charge is 0.338 e. The number of carbonyl (C=O) groups excluding carboxylic acids is 1. The predicted octanol–water partition coefficient (Wildman–Crippen LogP) is 4.37. The van der Waals surface area contributed by atoms with Crippen molar-refractivity contribution >= 4 is 17.9 Å². The van der Waals surface area contributed by atoms with Crippen molar-refractivity contribution in [1.29, 1.82) is 0 Å². The van der Waals surface area contributed by atoms with E-state index in [0.29, 0.717) is 24.0 Å². The van der Waals surface area contributed by atoms with Crippen LogP contribution in [0.15, 0.2) is 36.0 Å². The maximum Gasteiger partial charge on any atom is 0.338 e. The van der Waals surface area contributed by atoms with Crippen LogP contribution in [-0.2, 0) is 19.1 Å². The van der Waals surface area contributed by atoms with Crippen LogP contribution in [0.5, 0.6) is 0 Å². The number of cyclic esters (lactones) is 1. The van der Waals surface area contributed by atoms with Crippen LogP contribution in [-0.4, -0.2) is 34.7 Å². The van der Waals surface area contributed by atoms with E-state index >= 15 is 0 Å². The number of aliphatic carboxylic acids is 2. The number of allylic oxidation sites excluding steroid dienone is 2. The van der Waals surface area contributed by atoms with Gasteiger partial charge in [0.05, 0.1) is 18.4 Å². The molecule has 0 radical (unpaired) electrons. The molecule has 0 amide bonds. The number of unbranched alkanes of at least 4 members (excludes halogenated alkanes) is 1. The molecule has 156 valence electrons. The number of hydrogen-bond acceptors (Lipinski definition) is 4. The second-order valence-electron chi connectivity index (χ2n) is 7.41. The van der Waals surface area contributed by atoms with Gasteiger partial charge in [0.1, 0.15) is 6.61 Å². The first-order valence-corrected chi connectivity index (χ1v) is 9.93. The molecule has 1 saturated carbocycles. The Labute approximate surface area is 167 Å². The highest BCUT2D eigenvalue weighted by molar-refractivity contribution is 5.93. The molecule has 6 nitrogen and oxygen atoms in total. The summed E-state index contributed by atoms with van der Waals surface area (Å²) in [5.41, 5.74) is 2.03. The number of carbonyl (C=O) groups is 3. The topological polar surface area (TPSA) is 101 Å². The lowest BCUT2D eigenvalue weighted by molar-refractivity contribution is -0.143. The maximum atomic E-state index is 11.5. The van der Waals surface area contributed by atoms with Gasteiger partial charge in [0.15, 0.2) is 0 Å². The molecule has 1 aliphatic heterocycles. The van der Waals surface area contributed by atoms with Crippen LogP contribution in [0.1, 0.15) is 58.8 Å². The highest BCUT2D eigenvalue weighted by Gasteiger charge is 2.31. The van der Waals surface area contributed by atoms with Gasteiger partial charge in [-0.1, -0.05) is 51.0 Å². The minimum absolute atomic E-state index is 0.194. The lowest BCUT2D eigenvalue weighted by Crippen LogP contribution is -2.27. The zero-order chi connectivity index (χ0) is 21.1. The third kappa shape index (κ3) is 8.11. The van der Waals surface area contributed by atoms with Crippen molar-refractivity contribution in [1.82, 2.24) is 0 Å². The minimum Gasteiger partial charge on any atom is -0.481 e. The molecule has 0 spiro atoms. The third-order valence-corrected chi connectivity index (χ3v) is 5.26. The number of ether oxygens (including phenoxy) is 1. The Morgan fingerprint density at radius 1 is 1.29 bits per heavy atom. The van der Waals surface area contributed by atoms with Gasteiger partial charge in [-0.2, -0.15) is 0 Å². The summed E-state index contributed by atoms with van der Waals surface area (Å²) >= 11 is 0. The Hall–Kier alpha value is -2.37. The first kappa shape index (κ1) is 23.7. The molecule has 28 heavy (non-hydrogen) atoms. The molecular formula is C22H32O6. The summed E-state index contributed by atoms with van der Waals surface area (Å²) in [6.07, 6.45) is 11.5. The zero-order valence-electron chi connectivity index (χ0n) is 16.9. The lowest BCUT2D eigenvalue weighted by Gasteiger charge is -2.37. The Balaban J connectivity index is 0.000000416. The van der Waals surface area contributed by atoms with E-state index in [1.165, 1.54) is 31.3 Å². The quantitative estimate of drug-likeness (QED) is 0.470. The summed E-state index contributed by atoms with van der Waals surface area (Å²) in [7, 11) is 0. The Bertz CT molecular complexity index is 617. The van der Waals surface area contributed by atoms with Crippen LogP contribution in [0.25, 0.3) is 0 Å². The molecule has 3 unspecified atom stereocenters. The van der Waals surface area contributed by atoms with E-state index in [2.05, 4.69) is 26.5 Å². The van der Waals surface area contributed by atoms with Crippen molar-refractivity contribution in [3.8, 4) is 0 Å². The van der Waals surface area contributed by atoms with E-state index in [0.717, 1.165) is 12.3 Å². The molecular weight excluding hydrogens is 360 g/mol. The van der Waals surface area contributed by atoms with E-state index in [1.807, 2.05) is 12.2 Å². The number of rotatable bonds is 8. The number of hydrogen-bond donors (Lipinski definition) is 2. The van der Waals surface area contributed by atoms with Crippen LogP contribution in [0.3, 0.4) is 0 Å². The Kier molecular flexibility index (Phi) is 10.3. The maximum absolute atomic E-state index is 11.5.